The topological polar surface area (TPSA) is 25.8 Å². The smallest absolute Gasteiger partial charge is 0.116 e. The van der Waals surface area contributed by atoms with Crippen molar-refractivity contribution >= 4 is 10.8 Å². The third-order valence-electron chi connectivity index (χ3n) is 6.31. The molecule has 0 unspecified atom stereocenters. The summed E-state index contributed by atoms with van der Waals surface area (Å²) in [5.74, 6) is 0. The van der Waals surface area contributed by atoms with E-state index in [1.165, 1.54) is 33.0 Å². The lowest BCUT2D eigenvalue weighted by Gasteiger charge is -2.25. The predicted octanol–water partition coefficient (Wildman–Crippen LogP) is 6.90. The van der Waals surface area contributed by atoms with Gasteiger partial charge in [-0.15, -0.1) is 0 Å². The lowest BCUT2D eigenvalue weighted by atomic mass is 9.78. The minimum absolute atomic E-state index is 0.139. The van der Waals surface area contributed by atoms with Crippen LogP contribution in [0.3, 0.4) is 0 Å². The fourth-order valence-electron chi connectivity index (χ4n) is 4.80. The number of hydrogen-bond donors (Lipinski definition) is 0. The zero-order valence-electron chi connectivity index (χ0n) is 17.7. The van der Waals surface area contributed by atoms with Gasteiger partial charge in [0.25, 0.3) is 0 Å². The maximum Gasteiger partial charge on any atom is 0.116 e. The van der Waals surface area contributed by atoms with Gasteiger partial charge in [0.15, 0.2) is 0 Å². The van der Waals surface area contributed by atoms with Gasteiger partial charge < -0.3 is 0 Å². The Labute approximate surface area is 172 Å². The lowest BCUT2D eigenvalue weighted by molar-refractivity contribution is 0.590. The molecule has 1 heterocycles. The van der Waals surface area contributed by atoms with Gasteiger partial charge in [0, 0.05) is 22.1 Å². The van der Waals surface area contributed by atoms with Crippen LogP contribution in [-0.2, 0) is 10.8 Å². The zero-order valence-corrected chi connectivity index (χ0v) is 17.7. The van der Waals surface area contributed by atoms with Gasteiger partial charge in [0.1, 0.15) is 6.33 Å². The van der Waals surface area contributed by atoms with Gasteiger partial charge in [-0.3, -0.25) is 0 Å². The summed E-state index contributed by atoms with van der Waals surface area (Å²) in [6, 6.07) is 22.0. The van der Waals surface area contributed by atoms with Crippen molar-refractivity contribution in [2.24, 2.45) is 0 Å². The van der Waals surface area contributed by atoms with Crippen LogP contribution in [0, 0.1) is 0 Å². The van der Waals surface area contributed by atoms with Crippen LogP contribution in [0.5, 0.6) is 0 Å². The Kier molecular flexibility index (Phi) is 3.73. The highest BCUT2D eigenvalue weighted by atomic mass is 14.9. The molecule has 2 nitrogen and oxygen atoms in total. The fourth-order valence-corrected chi connectivity index (χ4v) is 4.80. The molecule has 1 aromatic heterocycles. The summed E-state index contributed by atoms with van der Waals surface area (Å²) in [4.78, 5) is 9.49. The van der Waals surface area contributed by atoms with E-state index >= 15 is 0 Å². The van der Waals surface area contributed by atoms with E-state index in [1.54, 1.807) is 6.33 Å². The van der Waals surface area contributed by atoms with Crippen molar-refractivity contribution in [1.82, 2.24) is 9.97 Å². The van der Waals surface area contributed by atoms with Gasteiger partial charge in [0.05, 0.1) is 11.4 Å². The van der Waals surface area contributed by atoms with Crippen LogP contribution in [0.1, 0.15) is 51.3 Å². The fraction of sp³-hybridized carbons (Fsp3) is 0.259. The highest BCUT2D eigenvalue weighted by molar-refractivity contribution is 5.98. The highest BCUT2D eigenvalue weighted by Gasteiger charge is 2.40. The molecule has 0 atom stereocenters. The first-order chi connectivity index (χ1) is 13.8. The Bertz CT molecular complexity index is 1240. The van der Waals surface area contributed by atoms with Crippen molar-refractivity contribution in [3.05, 3.63) is 83.7 Å². The third-order valence-corrected chi connectivity index (χ3v) is 6.31. The Morgan fingerprint density at radius 1 is 0.724 bits per heavy atom. The number of rotatable bonds is 1. The zero-order chi connectivity index (χ0) is 20.4. The van der Waals surface area contributed by atoms with Crippen LogP contribution in [0.2, 0.25) is 0 Å². The van der Waals surface area contributed by atoms with Gasteiger partial charge in [-0.05, 0) is 27.3 Å². The standard InChI is InChI=1S/C27H26N2/c1-26(2,3)19-13-10-18(11-14-19)24-23-25(29-16-28-24)21-15-12-17-8-6-7-9-20(17)22(21)27(23,4)5/h6-16H,1-5H3. The van der Waals surface area contributed by atoms with Crippen LogP contribution in [0.25, 0.3) is 33.3 Å². The molecule has 0 saturated carbocycles. The Balaban J connectivity index is 1.74. The van der Waals surface area contributed by atoms with E-state index in [4.69, 9.17) is 9.97 Å². The van der Waals surface area contributed by atoms with E-state index in [2.05, 4.69) is 95.3 Å². The molecule has 4 aromatic rings. The molecule has 0 aliphatic heterocycles. The van der Waals surface area contributed by atoms with E-state index in [0.717, 1.165) is 17.0 Å². The molecule has 0 fully saturated rings. The lowest BCUT2D eigenvalue weighted by Crippen LogP contribution is -2.17. The number of fused-ring (bicyclic) bond motifs is 5. The first kappa shape index (κ1) is 18.1. The molecular weight excluding hydrogens is 352 g/mol. The summed E-state index contributed by atoms with van der Waals surface area (Å²) >= 11 is 0. The largest absolute Gasteiger partial charge is 0.236 e. The SMILES string of the molecule is CC(C)(C)c1ccc(-c2ncnc3c2C(C)(C)c2c-3ccc3ccccc23)cc1. The second-order valence-electron chi connectivity index (χ2n) is 9.61. The van der Waals surface area contributed by atoms with E-state index < -0.39 is 0 Å². The van der Waals surface area contributed by atoms with E-state index in [-0.39, 0.29) is 10.8 Å². The summed E-state index contributed by atoms with van der Waals surface area (Å²) in [5.41, 5.74) is 8.40. The molecule has 0 N–H and O–H groups in total. The Morgan fingerprint density at radius 3 is 2.14 bits per heavy atom. The van der Waals surface area contributed by atoms with Crippen molar-refractivity contribution < 1.29 is 0 Å². The third kappa shape index (κ3) is 2.62. The average Bonchev–Trinajstić information content (AvgIpc) is 2.95. The van der Waals surface area contributed by atoms with Gasteiger partial charge >= 0.3 is 0 Å². The number of nitrogens with zero attached hydrogens (tertiary/aromatic N) is 2. The molecule has 2 heteroatoms. The van der Waals surface area contributed by atoms with E-state index in [1.807, 2.05) is 0 Å². The van der Waals surface area contributed by atoms with Crippen molar-refractivity contribution in [3.63, 3.8) is 0 Å². The molecule has 0 spiro atoms. The number of benzene rings is 3. The van der Waals surface area contributed by atoms with Crippen LogP contribution >= 0.6 is 0 Å². The predicted molar refractivity (Wildman–Crippen MR) is 121 cm³/mol. The first-order valence-electron chi connectivity index (χ1n) is 10.3. The highest BCUT2D eigenvalue weighted by Crippen LogP contribution is 2.52. The molecule has 3 aromatic carbocycles. The summed E-state index contributed by atoms with van der Waals surface area (Å²) in [7, 11) is 0. The van der Waals surface area contributed by atoms with E-state index in [0.29, 0.717) is 0 Å². The molecule has 0 bridgehead atoms. The Hall–Kier alpha value is -3.00. The van der Waals surface area contributed by atoms with Crippen LogP contribution < -0.4 is 0 Å². The molecule has 0 saturated heterocycles. The number of aromatic nitrogens is 2. The molecule has 5 rings (SSSR count). The molecule has 0 radical (unpaired) electrons. The molecular formula is C27H26N2. The quantitative estimate of drug-likeness (QED) is 0.360. The summed E-state index contributed by atoms with van der Waals surface area (Å²) < 4.78 is 0. The molecule has 1 aliphatic carbocycles. The molecule has 0 amide bonds. The normalized spacial score (nSPS) is 14.7. The summed E-state index contributed by atoms with van der Waals surface area (Å²) in [5, 5.41) is 2.58. The van der Waals surface area contributed by atoms with Gasteiger partial charge in [-0.25, -0.2) is 9.97 Å². The molecule has 1 aliphatic rings. The second-order valence-corrected chi connectivity index (χ2v) is 9.61. The molecule has 144 valence electrons. The Morgan fingerprint density at radius 2 is 1.41 bits per heavy atom. The summed E-state index contributed by atoms with van der Waals surface area (Å²) in [6.45, 7) is 11.3. The molecule has 29 heavy (non-hydrogen) atoms. The maximum atomic E-state index is 4.76. The first-order valence-corrected chi connectivity index (χ1v) is 10.3. The van der Waals surface area contributed by atoms with Crippen LogP contribution in [-0.4, -0.2) is 9.97 Å². The van der Waals surface area contributed by atoms with Crippen molar-refractivity contribution in [3.8, 4) is 22.5 Å². The van der Waals surface area contributed by atoms with Crippen LogP contribution in [0.4, 0.5) is 0 Å². The van der Waals surface area contributed by atoms with Gasteiger partial charge in [-0.2, -0.15) is 0 Å². The van der Waals surface area contributed by atoms with Crippen molar-refractivity contribution in [2.45, 2.75) is 45.4 Å². The van der Waals surface area contributed by atoms with E-state index in [9.17, 15) is 0 Å². The van der Waals surface area contributed by atoms with Crippen molar-refractivity contribution in [1.29, 1.82) is 0 Å². The minimum Gasteiger partial charge on any atom is -0.236 e. The minimum atomic E-state index is -0.162. The van der Waals surface area contributed by atoms with Crippen LogP contribution in [0.15, 0.2) is 67.0 Å². The average molecular weight is 379 g/mol. The van der Waals surface area contributed by atoms with Crippen molar-refractivity contribution in [2.75, 3.05) is 0 Å². The second kappa shape index (κ2) is 6.00. The summed E-state index contributed by atoms with van der Waals surface area (Å²) in [6.07, 6.45) is 1.71. The van der Waals surface area contributed by atoms with Gasteiger partial charge in [0.2, 0.25) is 0 Å². The maximum absolute atomic E-state index is 4.76. The monoisotopic (exact) mass is 378 g/mol. The van der Waals surface area contributed by atoms with Gasteiger partial charge in [-0.1, -0.05) is 95.3 Å². The number of hydrogen-bond acceptors (Lipinski definition) is 2.